The first-order valence-electron chi connectivity index (χ1n) is 15.1. The maximum atomic E-state index is 2.39. The van der Waals surface area contributed by atoms with E-state index in [1.54, 1.807) is 0 Å². The van der Waals surface area contributed by atoms with E-state index in [1.807, 2.05) is 0 Å². The fourth-order valence-corrected chi connectivity index (χ4v) is 5.74. The molecule has 0 atom stereocenters. The first-order chi connectivity index (χ1) is 21.8. The topological polar surface area (TPSA) is 3.24 Å². The molecule has 0 heterocycles. The lowest BCUT2D eigenvalue weighted by molar-refractivity contribution is 0.976. The Balaban J connectivity index is 1.14. The van der Waals surface area contributed by atoms with E-state index in [4.69, 9.17) is 0 Å². The second-order valence-corrected chi connectivity index (χ2v) is 11.1. The van der Waals surface area contributed by atoms with Gasteiger partial charge in [-0.2, -0.15) is 0 Å². The zero-order chi connectivity index (χ0) is 29.6. The van der Waals surface area contributed by atoms with Crippen LogP contribution in [0, 0.1) is 0 Å². The van der Waals surface area contributed by atoms with Crippen LogP contribution in [0.3, 0.4) is 0 Å². The van der Waals surface area contributed by atoms with Gasteiger partial charge in [0.25, 0.3) is 0 Å². The highest BCUT2D eigenvalue weighted by Crippen LogP contribution is 2.33. The van der Waals surface area contributed by atoms with Gasteiger partial charge in [0.15, 0.2) is 0 Å². The molecular weight excluding hydrogens is 530 g/mol. The fourth-order valence-electron chi connectivity index (χ4n) is 5.74. The Hall–Kier alpha value is -5.66. The molecule has 0 aliphatic heterocycles. The average Bonchev–Trinajstić information content (AvgIpc) is 3.12. The molecular formula is C43H33N. The van der Waals surface area contributed by atoms with Crippen LogP contribution in [0.4, 0.5) is 11.4 Å². The van der Waals surface area contributed by atoms with Gasteiger partial charge in [-0.05, 0) is 74.3 Å². The fraction of sp³-hybridized carbons (Fsp3) is 0.0233. The number of nitrogens with zero attached hydrogens (tertiary/aromatic N) is 1. The van der Waals surface area contributed by atoms with Gasteiger partial charge in [-0.25, -0.2) is 0 Å². The van der Waals surface area contributed by atoms with Gasteiger partial charge in [0.1, 0.15) is 0 Å². The number of rotatable bonds is 8. The quantitative estimate of drug-likeness (QED) is 0.178. The van der Waals surface area contributed by atoms with Crippen LogP contribution < -0.4 is 4.90 Å². The predicted molar refractivity (Wildman–Crippen MR) is 187 cm³/mol. The lowest BCUT2D eigenvalue weighted by atomic mass is 9.99. The minimum absolute atomic E-state index is 0.789. The zero-order valence-corrected chi connectivity index (χ0v) is 24.6. The molecule has 0 aliphatic carbocycles. The molecule has 0 aromatic heterocycles. The third kappa shape index (κ3) is 6.09. The molecule has 0 N–H and O–H groups in total. The monoisotopic (exact) mass is 563 g/mol. The summed E-state index contributed by atoms with van der Waals surface area (Å²) in [5.41, 5.74) is 13.4. The molecule has 1 heteroatoms. The zero-order valence-electron chi connectivity index (χ0n) is 24.6. The normalized spacial score (nSPS) is 10.8. The van der Waals surface area contributed by atoms with Crippen LogP contribution >= 0.6 is 0 Å². The second kappa shape index (κ2) is 12.7. The minimum atomic E-state index is 0.789. The molecule has 0 saturated heterocycles. The smallest absolute Gasteiger partial charge is 0.0481 e. The van der Waals surface area contributed by atoms with Gasteiger partial charge in [0, 0.05) is 17.9 Å². The summed E-state index contributed by atoms with van der Waals surface area (Å²) in [5, 5.41) is 0. The molecule has 0 fully saturated rings. The summed E-state index contributed by atoms with van der Waals surface area (Å²) >= 11 is 0. The van der Waals surface area contributed by atoms with E-state index in [9.17, 15) is 0 Å². The van der Waals surface area contributed by atoms with Crippen LogP contribution in [-0.2, 0) is 6.54 Å². The lowest BCUT2D eigenvalue weighted by Gasteiger charge is -2.26. The minimum Gasteiger partial charge on any atom is -0.337 e. The third-order valence-corrected chi connectivity index (χ3v) is 8.19. The molecule has 0 unspecified atom stereocenters. The summed E-state index contributed by atoms with van der Waals surface area (Å²) in [6.07, 6.45) is 0. The largest absolute Gasteiger partial charge is 0.337 e. The van der Waals surface area contributed by atoms with Crippen molar-refractivity contribution in [1.82, 2.24) is 0 Å². The molecule has 0 saturated carbocycles. The molecule has 0 spiro atoms. The first kappa shape index (κ1) is 27.2. The maximum absolute atomic E-state index is 2.39. The molecule has 0 radical (unpaired) electrons. The van der Waals surface area contributed by atoms with E-state index >= 15 is 0 Å². The maximum Gasteiger partial charge on any atom is 0.0481 e. The second-order valence-electron chi connectivity index (χ2n) is 11.1. The van der Waals surface area contributed by atoms with Gasteiger partial charge in [-0.15, -0.1) is 0 Å². The standard InChI is InChI=1S/C43H33N/c1-4-10-33(11-5-1)32-44(42-28-24-40(25-29-42)38-20-16-36(17-21-38)34-12-6-2-7-13-34)43-30-26-41(27-31-43)39-22-18-37(19-23-39)35-14-8-3-9-15-35/h1-31H,32H2. The van der Waals surface area contributed by atoms with E-state index in [0.717, 1.165) is 6.54 Å². The molecule has 7 aromatic carbocycles. The molecule has 0 bridgehead atoms. The molecule has 0 amide bonds. The van der Waals surface area contributed by atoms with Gasteiger partial charge in [-0.1, -0.05) is 164 Å². The molecule has 44 heavy (non-hydrogen) atoms. The lowest BCUT2D eigenvalue weighted by Crippen LogP contribution is -2.16. The van der Waals surface area contributed by atoms with E-state index in [1.165, 1.54) is 61.4 Å². The highest BCUT2D eigenvalue weighted by molar-refractivity contribution is 5.75. The molecule has 7 aromatic rings. The summed E-state index contributed by atoms with van der Waals surface area (Å²) in [4.78, 5) is 2.39. The van der Waals surface area contributed by atoms with E-state index in [2.05, 4.69) is 193 Å². The number of hydrogen-bond donors (Lipinski definition) is 0. The van der Waals surface area contributed by atoms with Gasteiger partial charge in [0.05, 0.1) is 0 Å². The summed E-state index contributed by atoms with van der Waals surface area (Å²) in [5.74, 6) is 0. The molecule has 210 valence electrons. The average molecular weight is 564 g/mol. The summed E-state index contributed by atoms with van der Waals surface area (Å²) in [6, 6.07) is 67.3. The van der Waals surface area contributed by atoms with Crippen LogP contribution in [0.15, 0.2) is 188 Å². The van der Waals surface area contributed by atoms with Crippen molar-refractivity contribution in [2.75, 3.05) is 4.90 Å². The summed E-state index contributed by atoms with van der Waals surface area (Å²) in [7, 11) is 0. The van der Waals surface area contributed by atoms with Gasteiger partial charge in [0.2, 0.25) is 0 Å². The number of hydrogen-bond acceptors (Lipinski definition) is 1. The van der Waals surface area contributed by atoms with Crippen molar-refractivity contribution < 1.29 is 0 Å². The van der Waals surface area contributed by atoms with Crippen molar-refractivity contribution in [3.63, 3.8) is 0 Å². The molecule has 0 aliphatic rings. The van der Waals surface area contributed by atoms with Crippen molar-refractivity contribution in [2.45, 2.75) is 6.54 Å². The SMILES string of the molecule is c1ccc(CN(c2ccc(-c3ccc(-c4ccccc4)cc3)cc2)c2ccc(-c3ccc(-c4ccccc4)cc3)cc2)cc1. The van der Waals surface area contributed by atoms with Gasteiger partial charge < -0.3 is 4.90 Å². The van der Waals surface area contributed by atoms with E-state index in [0.29, 0.717) is 0 Å². The highest BCUT2D eigenvalue weighted by Gasteiger charge is 2.12. The van der Waals surface area contributed by atoms with Crippen molar-refractivity contribution in [3.8, 4) is 44.5 Å². The van der Waals surface area contributed by atoms with Crippen molar-refractivity contribution in [1.29, 1.82) is 0 Å². The Bertz CT molecular complexity index is 1780. The Morgan fingerprint density at radius 2 is 0.500 bits per heavy atom. The van der Waals surface area contributed by atoms with Crippen molar-refractivity contribution in [3.05, 3.63) is 194 Å². The third-order valence-electron chi connectivity index (χ3n) is 8.19. The van der Waals surface area contributed by atoms with Crippen molar-refractivity contribution in [2.24, 2.45) is 0 Å². The molecule has 7 rings (SSSR count). The number of benzene rings is 7. The van der Waals surface area contributed by atoms with Gasteiger partial charge in [-0.3, -0.25) is 0 Å². The van der Waals surface area contributed by atoms with Crippen LogP contribution in [-0.4, -0.2) is 0 Å². The van der Waals surface area contributed by atoms with Crippen LogP contribution in [0.1, 0.15) is 5.56 Å². The summed E-state index contributed by atoms with van der Waals surface area (Å²) < 4.78 is 0. The van der Waals surface area contributed by atoms with Crippen LogP contribution in [0.5, 0.6) is 0 Å². The summed E-state index contributed by atoms with van der Waals surface area (Å²) in [6.45, 7) is 0.789. The van der Waals surface area contributed by atoms with E-state index < -0.39 is 0 Å². The predicted octanol–water partition coefficient (Wildman–Crippen LogP) is 11.7. The Labute approximate surface area is 260 Å². The van der Waals surface area contributed by atoms with Gasteiger partial charge >= 0.3 is 0 Å². The Morgan fingerprint density at radius 3 is 0.818 bits per heavy atom. The highest BCUT2D eigenvalue weighted by atomic mass is 15.1. The van der Waals surface area contributed by atoms with Crippen LogP contribution in [0.2, 0.25) is 0 Å². The Kier molecular flexibility index (Phi) is 7.84. The Morgan fingerprint density at radius 1 is 0.250 bits per heavy atom. The number of anilines is 2. The van der Waals surface area contributed by atoms with Crippen LogP contribution in [0.25, 0.3) is 44.5 Å². The molecule has 1 nitrogen and oxygen atoms in total. The first-order valence-corrected chi connectivity index (χ1v) is 15.1. The van der Waals surface area contributed by atoms with Crippen molar-refractivity contribution >= 4 is 11.4 Å². The van der Waals surface area contributed by atoms with E-state index in [-0.39, 0.29) is 0 Å².